The Morgan fingerprint density at radius 3 is 2.84 bits per heavy atom. The summed E-state index contributed by atoms with van der Waals surface area (Å²) in [4.78, 5) is 25.6. The van der Waals surface area contributed by atoms with Gasteiger partial charge in [0.2, 0.25) is 5.91 Å². The van der Waals surface area contributed by atoms with Crippen molar-refractivity contribution in [2.24, 2.45) is 0 Å². The number of hydrogen-bond acceptors (Lipinski definition) is 6. The highest BCUT2D eigenvalue weighted by atomic mass is 32.2. The number of amides is 1. The number of nitrogens with two attached hydrogens (primary N) is 1. The average Bonchev–Trinajstić information content (AvgIpc) is 2.96. The van der Waals surface area contributed by atoms with Crippen LogP contribution in [0.5, 0.6) is 0 Å². The minimum atomic E-state index is 0.0724. The number of thiophene rings is 1. The zero-order valence-corrected chi connectivity index (χ0v) is 16.4. The Kier molecular flexibility index (Phi) is 5.64. The van der Waals surface area contributed by atoms with E-state index in [2.05, 4.69) is 16.5 Å². The standard InChI is InChI=1S/C18H24N4OS2/c1-4-22(9-11(2)3)14(23)10-24-18-20-16(19)15-12-7-5-6-8-13(12)25-17(15)21-18/h2,4-10H2,1,3H3,(H2,19,20,21). The number of nitrogens with zero attached hydrogens (tertiary/aromatic N) is 3. The van der Waals surface area contributed by atoms with E-state index < -0.39 is 0 Å². The smallest absolute Gasteiger partial charge is 0.233 e. The molecule has 0 atom stereocenters. The van der Waals surface area contributed by atoms with Crippen LogP contribution >= 0.6 is 23.1 Å². The lowest BCUT2D eigenvalue weighted by atomic mass is 9.97. The first-order chi connectivity index (χ1) is 12.0. The van der Waals surface area contributed by atoms with Gasteiger partial charge in [0.15, 0.2) is 5.16 Å². The van der Waals surface area contributed by atoms with Gasteiger partial charge in [0.1, 0.15) is 10.6 Å². The summed E-state index contributed by atoms with van der Waals surface area (Å²) in [5, 5.41) is 1.62. The summed E-state index contributed by atoms with van der Waals surface area (Å²) in [7, 11) is 0. The van der Waals surface area contributed by atoms with Crippen molar-refractivity contribution >= 4 is 45.0 Å². The molecule has 0 spiro atoms. The van der Waals surface area contributed by atoms with Crippen molar-refractivity contribution in [3.8, 4) is 0 Å². The second kappa shape index (κ2) is 7.74. The summed E-state index contributed by atoms with van der Waals surface area (Å²) in [6, 6.07) is 0. The first kappa shape index (κ1) is 18.2. The Balaban J connectivity index is 1.76. The molecule has 5 nitrogen and oxygen atoms in total. The van der Waals surface area contributed by atoms with E-state index >= 15 is 0 Å². The summed E-state index contributed by atoms with van der Waals surface area (Å²) in [5.74, 6) is 0.939. The van der Waals surface area contributed by atoms with Gasteiger partial charge in [-0.2, -0.15) is 0 Å². The minimum Gasteiger partial charge on any atom is -0.383 e. The summed E-state index contributed by atoms with van der Waals surface area (Å²) < 4.78 is 0. The van der Waals surface area contributed by atoms with E-state index in [0.717, 1.165) is 28.6 Å². The van der Waals surface area contributed by atoms with E-state index in [1.54, 1.807) is 16.2 Å². The molecular weight excluding hydrogens is 352 g/mol. The van der Waals surface area contributed by atoms with Gasteiger partial charge in [0.05, 0.1) is 11.1 Å². The number of hydrogen-bond donors (Lipinski definition) is 1. The number of thioether (sulfide) groups is 1. The van der Waals surface area contributed by atoms with Crippen LogP contribution in [0.2, 0.25) is 0 Å². The van der Waals surface area contributed by atoms with Crippen molar-refractivity contribution in [2.75, 3.05) is 24.6 Å². The number of aromatic nitrogens is 2. The van der Waals surface area contributed by atoms with Gasteiger partial charge in [0, 0.05) is 18.0 Å². The van der Waals surface area contributed by atoms with Crippen LogP contribution in [0, 0.1) is 0 Å². The predicted octanol–water partition coefficient (Wildman–Crippen LogP) is 3.67. The zero-order valence-electron chi connectivity index (χ0n) is 14.8. The topological polar surface area (TPSA) is 72.1 Å². The third-order valence-corrected chi connectivity index (χ3v) is 6.36. The zero-order chi connectivity index (χ0) is 18.0. The lowest BCUT2D eigenvalue weighted by molar-refractivity contribution is -0.127. The van der Waals surface area contributed by atoms with Crippen LogP contribution in [0.25, 0.3) is 10.2 Å². The molecular formula is C18H24N4OS2. The molecule has 2 aromatic heterocycles. The fourth-order valence-electron chi connectivity index (χ4n) is 3.15. The second-order valence-corrected chi connectivity index (χ2v) is 8.46. The van der Waals surface area contributed by atoms with Crippen LogP contribution in [-0.2, 0) is 17.6 Å². The number of anilines is 1. The highest BCUT2D eigenvalue weighted by molar-refractivity contribution is 7.99. The molecule has 0 fully saturated rings. The Bertz CT molecular complexity index is 815. The number of aryl methyl sites for hydroxylation is 2. The van der Waals surface area contributed by atoms with Gasteiger partial charge in [-0.25, -0.2) is 9.97 Å². The molecule has 134 valence electrons. The largest absolute Gasteiger partial charge is 0.383 e. The Labute approximate surface area is 156 Å². The maximum Gasteiger partial charge on any atom is 0.233 e. The molecule has 0 aromatic carbocycles. The van der Waals surface area contributed by atoms with Gasteiger partial charge in [-0.15, -0.1) is 11.3 Å². The van der Waals surface area contributed by atoms with E-state index in [0.29, 0.717) is 29.8 Å². The quantitative estimate of drug-likeness (QED) is 0.473. The molecule has 0 aliphatic heterocycles. The molecule has 0 bridgehead atoms. The van der Waals surface area contributed by atoms with Crippen molar-refractivity contribution in [1.29, 1.82) is 0 Å². The maximum absolute atomic E-state index is 12.4. The van der Waals surface area contributed by atoms with Crippen molar-refractivity contribution in [3.63, 3.8) is 0 Å². The number of carbonyl (C=O) groups is 1. The Morgan fingerprint density at radius 2 is 2.12 bits per heavy atom. The van der Waals surface area contributed by atoms with Gasteiger partial charge >= 0.3 is 0 Å². The fourth-order valence-corrected chi connectivity index (χ4v) is 5.23. The van der Waals surface area contributed by atoms with Crippen LogP contribution in [0.3, 0.4) is 0 Å². The molecule has 1 aliphatic carbocycles. The molecule has 2 aromatic rings. The first-order valence-corrected chi connectivity index (χ1v) is 10.4. The van der Waals surface area contributed by atoms with Crippen molar-refractivity contribution in [2.45, 2.75) is 44.7 Å². The number of fused-ring (bicyclic) bond motifs is 3. The SMILES string of the molecule is C=C(C)CN(CC)C(=O)CSc1nc(N)c2c3c(sc2n1)CCCC3. The third kappa shape index (κ3) is 3.98. The molecule has 25 heavy (non-hydrogen) atoms. The minimum absolute atomic E-state index is 0.0724. The highest BCUT2D eigenvalue weighted by Gasteiger charge is 2.21. The summed E-state index contributed by atoms with van der Waals surface area (Å²) in [6.07, 6.45) is 4.63. The van der Waals surface area contributed by atoms with Crippen molar-refractivity contribution in [3.05, 3.63) is 22.6 Å². The maximum atomic E-state index is 12.4. The molecule has 3 rings (SSSR count). The van der Waals surface area contributed by atoms with Crippen molar-refractivity contribution < 1.29 is 4.79 Å². The normalized spacial score (nSPS) is 13.7. The third-order valence-electron chi connectivity index (χ3n) is 4.34. The van der Waals surface area contributed by atoms with E-state index in [4.69, 9.17) is 5.73 Å². The molecule has 0 saturated heterocycles. The summed E-state index contributed by atoms with van der Waals surface area (Å²) in [5.41, 5.74) is 8.54. The molecule has 7 heteroatoms. The van der Waals surface area contributed by atoms with Crippen LogP contribution in [0.4, 0.5) is 5.82 Å². The molecule has 0 saturated carbocycles. The van der Waals surface area contributed by atoms with Gasteiger partial charge in [0.25, 0.3) is 0 Å². The molecule has 0 unspecified atom stereocenters. The summed E-state index contributed by atoms with van der Waals surface area (Å²) in [6.45, 7) is 9.05. The van der Waals surface area contributed by atoms with E-state index in [9.17, 15) is 4.79 Å². The highest BCUT2D eigenvalue weighted by Crippen LogP contribution is 2.38. The van der Waals surface area contributed by atoms with Crippen LogP contribution < -0.4 is 5.73 Å². The second-order valence-electron chi connectivity index (χ2n) is 6.44. The van der Waals surface area contributed by atoms with Crippen LogP contribution in [0.15, 0.2) is 17.3 Å². The van der Waals surface area contributed by atoms with E-state index in [-0.39, 0.29) is 5.91 Å². The Morgan fingerprint density at radius 1 is 1.36 bits per heavy atom. The van der Waals surface area contributed by atoms with Gasteiger partial charge in [-0.3, -0.25) is 4.79 Å². The van der Waals surface area contributed by atoms with Crippen molar-refractivity contribution in [1.82, 2.24) is 14.9 Å². The van der Waals surface area contributed by atoms with E-state index in [1.165, 1.54) is 35.0 Å². The lowest BCUT2D eigenvalue weighted by Gasteiger charge is -2.20. The van der Waals surface area contributed by atoms with E-state index in [1.807, 2.05) is 13.8 Å². The molecule has 2 heterocycles. The number of nitrogen functional groups attached to an aromatic ring is 1. The van der Waals surface area contributed by atoms with Gasteiger partial charge < -0.3 is 10.6 Å². The van der Waals surface area contributed by atoms with Crippen LogP contribution in [-0.4, -0.2) is 39.6 Å². The number of likely N-dealkylation sites (N-methyl/N-ethyl adjacent to an activating group) is 1. The predicted molar refractivity (Wildman–Crippen MR) is 106 cm³/mol. The lowest BCUT2D eigenvalue weighted by Crippen LogP contribution is -2.33. The molecule has 0 radical (unpaired) electrons. The number of carbonyl (C=O) groups excluding carboxylic acids is 1. The van der Waals surface area contributed by atoms with Gasteiger partial charge in [-0.1, -0.05) is 23.9 Å². The van der Waals surface area contributed by atoms with Crippen LogP contribution in [0.1, 0.15) is 37.1 Å². The Hall–Kier alpha value is -1.60. The fraction of sp³-hybridized carbons (Fsp3) is 0.500. The molecule has 2 N–H and O–H groups in total. The number of rotatable bonds is 6. The summed E-state index contributed by atoms with van der Waals surface area (Å²) >= 11 is 3.09. The monoisotopic (exact) mass is 376 g/mol. The first-order valence-electron chi connectivity index (χ1n) is 8.62. The average molecular weight is 377 g/mol. The molecule has 1 amide bonds. The van der Waals surface area contributed by atoms with Gasteiger partial charge in [-0.05, 0) is 45.1 Å². The molecule has 1 aliphatic rings.